The quantitative estimate of drug-likeness (QED) is 0.504. The molecule has 4 aromatic heterocycles. The lowest BCUT2D eigenvalue weighted by molar-refractivity contribution is 0.631. The first-order valence-electron chi connectivity index (χ1n) is 8.70. The van der Waals surface area contributed by atoms with E-state index in [4.69, 9.17) is 11.1 Å². The molecule has 0 aromatic carbocycles. The number of aryl methyl sites for hydroxylation is 2. The maximum Gasteiger partial charge on any atom is 0.291 e. The SMILES string of the molecule is Cc1cccc(Cn2ncc3c4sc(CC(=N)/C=C\N)nc4n(C)c3c2=O)n1. The van der Waals surface area contributed by atoms with E-state index in [0.717, 1.165) is 32.1 Å². The molecule has 0 radical (unpaired) electrons. The van der Waals surface area contributed by atoms with Crippen LogP contribution in [0.5, 0.6) is 0 Å². The molecule has 0 bridgehead atoms. The minimum Gasteiger partial charge on any atom is -0.405 e. The number of nitrogens with zero attached hydrogens (tertiary/aromatic N) is 5. The number of nitrogens with one attached hydrogen (secondary N) is 1. The molecule has 0 unspecified atom stereocenters. The molecule has 142 valence electrons. The second-order valence-corrected chi connectivity index (χ2v) is 7.60. The number of hydrogen-bond acceptors (Lipinski definition) is 7. The van der Waals surface area contributed by atoms with Crippen molar-refractivity contribution in [3.8, 4) is 0 Å². The van der Waals surface area contributed by atoms with Crippen LogP contribution in [-0.2, 0) is 20.0 Å². The van der Waals surface area contributed by atoms with Gasteiger partial charge in [-0.05, 0) is 31.3 Å². The first-order valence-corrected chi connectivity index (χ1v) is 9.51. The van der Waals surface area contributed by atoms with Gasteiger partial charge in [0.15, 0.2) is 5.65 Å². The van der Waals surface area contributed by atoms with Gasteiger partial charge in [-0.2, -0.15) is 5.10 Å². The highest BCUT2D eigenvalue weighted by molar-refractivity contribution is 7.19. The van der Waals surface area contributed by atoms with Gasteiger partial charge in [-0.25, -0.2) is 9.67 Å². The minimum atomic E-state index is -0.172. The van der Waals surface area contributed by atoms with E-state index in [2.05, 4.69) is 15.1 Å². The van der Waals surface area contributed by atoms with Crippen LogP contribution in [0.25, 0.3) is 21.3 Å². The lowest BCUT2D eigenvalue weighted by atomic mass is 10.3. The molecule has 0 atom stereocenters. The van der Waals surface area contributed by atoms with E-state index in [-0.39, 0.29) is 5.56 Å². The summed E-state index contributed by atoms with van der Waals surface area (Å²) in [5.41, 5.74) is 8.54. The molecule has 9 heteroatoms. The van der Waals surface area contributed by atoms with Gasteiger partial charge in [-0.1, -0.05) is 6.07 Å². The zero-order valence-corrected chi connectivity index (χ0v) is 16.3. The van der Waals surface area contributed by atoms with Gasteiger partial charge in [0.1, 0.15) is 10.5 Å². The van der Waals surface area contributed by atoms with Gasteiger partial charge in [-0.15, -0.1) is 11.3 Å². The molecule has 4 heterocycles. The molecule has 4 aromatic rings. The van der Waals surface area contributed by atoms with Gasteiger partial charge in [-0.3, -0.25) is 9.78 Å². The molecule has 0 saturated heterocycles. The summed E-state index contributed by atoms with van der Waals surface area (Å²) in [6, 6.07) is 5.72. The van der Waals surface area contributed by atoms with Crippen LogP contribution in [0.2, 0.25) is 0 Å². The average Bonchev–Trinajstić information content (AvgIpc) is 3.16. The zero-order chi connectivity index (χ0) is 19.8. The minimum absolute atomic E-state index is 0.172. The topological polar surface area (TPSA) is 115 Å². The van der Waals surface area contributed by atoms with Crippen LogP contribution in [0, 0.1) is 12.3 Å². The van der Waals surface area contributed by atoms with E-state index in [1.807, 2.05) is 32.2 Å². The summed E-state index contributed by atoms with van der Waals surface area (Å²) in [6.45, 7) is 2.23. The summed E-state index contributed by atoms with van der Waals surface area (Å²) in [5.74, 6) is 0. The molecule has 0 fully saturated rings. The van der Waals surface area contributed by atoms with E-state index in [1.54, 1.807) is 16.8 Å². The van der Waals surface area contributed by atoms with E-state index in [9.17, 15) is 4.79 Å². The Hall–Kier alpha value is -3.33. The Bertz CT molecular complexity index is 1300. The molecule has 0 spiro atoms. The predicted molar refractivity (Wildman–Crippen MR) is 111 cm³/mol. The van der Waals surface area contributed by atoms with Crippen LogP contribution < -0.4 is 11.3 Å². The lowest BCUT2D eigenvalue weighted by Crippen LogP contribution is -2.25. The van der Waals surface area contributed by atoms with Crippen LogP contribution in [0.15, 0.2) is 41.5 Å². The van der Waals surface area contributed by atoms with Crippen LogP contribution in [0.4, 0.5) is 0 Å². The van der Waals surface area contributed by atoms with E-state index < -0.39 is 0 Å². The molecular weight excluding hydrogens is 374 g/mol. The molecule has 0 aliphatic carbocycles. The highest BCUT2D eigenvalue weighted by Gasteiger charge is 2.18. The van der Waals surface area contributed by atoms with E-state index in [1.165, 1.54) is 22.2 Å². The number of thiazole rings is 1. The normalized spacial score (nSPS) is 11.8. The van der Waals surface area contributed by atoms with Crippen molar-refractivity contribution in [2.45, 2.75) is 19.9 Å². The van der Waals surface area contributed by atoms with Crippen molar-refractivity contribution in [3.05, 3.63) is 63.4 Å². The zero-order valence-electron chi connectivity index (χ0n) is 15.5. The van der Waals surface area contributed by atoms with Crippen molar-refractivity contribution in [3.63, 3.8) is 0 Å². The Labute approximate surface area is 164 Å². The fourth-order valence-electron chi connectivity index (χ4n) is 3.20. The number of rotatable bonds is 5. The standard InChI is InChI=1S/C19H19N7OS/c1-11-4-3-5-13(23-11)10-26-19(27)16-14(9-22-26)17-18(25(16)2)24-15(28-17)8-12(21)6-7-20/h3-7,9,21H,8,10,20H2,1-2H3/b7-6-,21-12?. The van der Waals surface area contributed by atoms with Crippen molar-refractivity contribution < 1.29 is 0 Å². The molecule has 28 heavy (non-hydrogen) atoms. The maximum absolute atomic E-state index is 13.0. The summed E-state index contributed by atoms with van der Waals surface area (Å²) in [7, 11) is 1.83. The number of nitrogens with two attached hydrogens (primary N) is 1. The molecule has 8 nitrogen and oxygen atoms in total. The molecular formula is C19H19N7OS. The van der Waals surface area contributed by atoms with Crippen molar-refractivity contribution in [2.75, 3.05) is 0 Å². The summed E-state index contributed by atoms with van der Waals surface area (Å²) >= 11 is 1.47. The Morgan fingerprint density at radius 2 is 2.18 bits per heavy atom. The molecule has 0 amide bonds. The summed E-state index contributed by atoms with van der Waals surface area (Å²) in [4.78, 5) is 22.1. The first-order chi connectivity index (χ1) is 13.5. The van der Waals surface area contributed by atoms with Crippen LogP contribution >= 0.6 is 11.3 Å². The average molecular weight is 393 g/mol. The van der Waals surface area contributed by atoms with Gasteiger partial charge < -0.3 is 15.7 Å². The Kier molecular flexibility index (Phi) is 4.52. The van der Waals surface area contributed by atoms with Crippen molar-refractivity contribution in [1.29, 1.82) is 5.41 Å². The fraction of sp³-hybridized carbons (Fsp3) is 0.211. The van der Waals surface area contributed by atoms with E-state index >= 15 is 0 Å². The highest BCUT2D eigenvalue weighted by atomic mass is 32.1. The van der Waals surface area contributed by atoms with E-state index in [0.29, 0.717) is 24.2 Å². The third-order valence-corrected chi connectivity index (χ3v) is 5.54. The number of aromatic nitrogens is 5. The van der Waals surface area contributed by atoms with Crippen LogP contribution in [-0.4, -0.2) is 30.0 Å². The summed E-state index contributed by atoms with van der Waals surface area (Å²) in [5, 5.41) is 13.8. The van der Waals surface area contributed by atoms with Crippen LogP contribution in [0.1, 0.15) is 16.4 Å². The molecule has 0 aliphatic heterocycles. The number of fused-ring (bicyclic) bond motifs is 3. The second-order valence-electron chi connectivity index (χ2n) is 6.52. The number of pyridine rings is 1. The van der Waals surface area contributed by atoms with Crippen molar-refractivity contribution in [2.24, 2.45) is 12.8 Å². The lowest BCUT2D eigenvalue weighted by Gasteiger charge is -2.06. The Morgan fingerprint density at radius 3 is 2.93 bits per heavy atom. The van der Waals surface area contributed by atoms with Crippen molar-refractivity contribution >= 4 is 38.3 Å². The largest absolute Gasteiger partial charge is 0.405 e. The number of hydrogen-bond donors (Lipinski definition) is 2. The number of allylic oxidation sites excluding steroid dienone is 1. The monoisotopic (exact) mass is 393 g/mol. The molecule has 3 N–H and O–H groups in total. The van der Waals surface area contributed by atoms with Gasteiger partial charge in [0.25, 0.3) is 5.56 Å². The van der Waals surface area contributed by atoms with Gasteiger partial charge in [0.2, 0.25) is 0 Å². The Balaban J connectivity index is 1.77. The smallest absolute Gasteiger partial charge is 0.291 e. The summed E-state index contributed by atoms with van der Waals surface area (Å²) < 4.78 is 4.13. The molecule has 0 aliphatic rings. The van der Waals surface area contributed by atoms with Gasteiger partial charge >= 0.3 is 0 Å². The van der Waals surface area contributed by atoms with Crippen molar-refractivity contribution in [1.82, 2.24) is 24.3 Å². The van der Waals surface area contributed by atoms with Crippen LogP contribution in [0.3, 0.4) is 0 Å². The third-order valence-electron chi connectivity index (χ3n) is 4.47. The van der Waals surface area contributed by atoms with Gasteiger partial charge in [0.05, 0.1) is 23.1 Å². The highest BCUT2D eigenvalue weighted by Crippen LogP contribution is 2.31. The van der Waals surface area contributed by atoms with Gasteiger partial charge in [0, 0.05) is 30.3 Å². The summed E-state index contributed by atoms with van der Waals surface area (Å²) in [6.07, 6.45) is 5.00. The molecule has 4 rings (SSSR count). The second kappa shape index (κ2) is 7.01. The fourth-order valence-corrected chi connectivity index (χ4v) is 4.33. The Morgan fingerprint density at radius 1 is 1.36 bits per heavy atom. The third kappa shape index (κ3) is 3.09. The maximum atomic E-state index is 13.0. The predicted octanol–water partition coefficient (Wildman–Crippen LogP) is 2.13. The molecule has 0 saturated carbocycles. The first kappa shape index (κ1) is 18.1.